The highest BCUT2D eigenvalue weighted by atomic mass is 32.2. The van der Waals surface area contributed by atoms with Crippen molar-refractivity contribution in [2.24, 2.45) is 0 Å². The van der Waals surface area contributed by atoms with Crippen LogP contribution >= 0.6 is 0 Å². The van der Waals surface area contributed by atoms with Gasteiger partial charge in [0.1, 0.15) is 11.6 Å². The lowest BCUT2D eigenvalue weighted by molar-refractivity contribution is 0.0656. The Morgan fingerprint density at radius 1 is 1.15 bits per heavy atom. The van der Waals surface area contributed by atoms with Crippen LogP contribution in [-0.4, -0.2) is 19.5 Å². The molecule has 2 rings (SSSR count). The van der Waals surface area contributed by atoms with Crippen molar-refractivity contribution in [1.29, 1.82) is 0 Å². The second-order valence-corrected chi connectivity index (χ2v) is 5.80. The zero-order valence-corrected chi connectivity index (χ0v) is 10.7. The number of rotatable bonds is 4. The fourth-order valence-corrected chi connectivity index (χ4v) is 2.82. The Hall–Kier alpha value is -2.22. The van der Waals surface area contributed by atoms with Crippen LogP contribution in [-0.2, 0) is 15.6 Å². The molecule has 0 saturated heterocycles. The van der Waals surface area contributed by atoms with Crippen LogP contribution in [0.15, 0.2) is 39.8 Å². The molecule has 1 aromatic heterocycles. The predicted molar refractivity (Wildman–Crippen MR) is 62.9 cm³/mol. The standard InChI is InChI=1S/C12H8F2O5S/c13-8-2-1-3-9(14)7(8)6-20(17,18)11-5-4-10(19-11)12(15)16/h1-5H,6H2,(H,15,16). The average molecular weight is 302 g/mol. The van der Waals surface area contributed by atoms with Gasteiger partial charge in [-0.2, -0.15) is 0 Å². The molecular weight excluding hydrogens is 294 g/mol. The number of hydrogen-bond acceptors (Lipinski definition) is 4. The average Bonchev–Trinajstić information content (AvgIpc) is 2.84. The Morgan fingerprint density at radius 3 is 2.25 bits per heavy atom. The van der Waals surface area contributed by atoms with Crippen LogP contribution in [0.4, 0.5) is 8.78 Å². The highest BCUT2D eigenvalue weighted by Crippen LogP contribution is 2.22. The molecule has 0 spiro atoms. The zero-order valence-electron chi connectivity index (χ0n) is 9.84. The summed E-state index contributed by atoms with van der Waals surface area (Å²) in [4.78, 5) is 10.6. The van der Waals surface area contributed by atoms with E-state index in [0.717, 1.165) is 30.3 Å². The van der Waals surface area contributed by atoms with Crippen LogP contribution in [0.5, 0.6) is 0 Å². The first-order chi connectivity index (χ1) is 9.31. The van der Waals surface area contributed by atoms with Crippen molar-refractivity contribution in [3.05, 3.63) is 53.3 Å². The Kier molecular flexibility index (Phi) is 3.58. The number of furan rings is 1. The molecule has 0 aliphatic rings. The molecule has 0 atom stereocenters. The van der Waals surface area contributed by atoms with E-state index in [1.165, 1.54) is 0 Å². The lowest BCUT2D eigenvalue weighted by Crippen LogP contribution is -2.07. The van der Waals surface area contributed by atoms with Crippen molar-refractivity contribution in [2.45, 2.75) is 10.8 Å². The second-order valence-electron chi connectivity index (χ2n) is 3.88. The van der Waals surface area contributed by atoms with Crippen LogP contribution in [0.1, 0.15) is 16.1 Å². The molecule has 8 heteroatoms. The zero-order chi connectivity index (χ0) is 14.9. The molecule has 0 saturated carbocycles. The van der Waals surface area contributed by atoms with E-state index < -0.39 is 49.6 Å². The normalized spacial score (nSPS) is 11.5. The van der Waals surface area contributed by atoms with Gasteiger partial charge in [-0.15, -0.1) is 0 Å². The first-order valence-electron chi connectivity index (χ1n) is 5.30. The van der Waals surface area contributed by atoms with Crippen molar-refractivity contribution in [1.82, 2.24) is 0 Å². The minimum Gasteiger partial charge on any atom is -0.475 e. The first kappa shape index (κ1) is 14.2. The number of aromatic carboxylic acids is 1. The van der Waals surface area contributed by atoms with E-state index in [2.05, 4.69) is 4.42 Å². The maximum atomic E-state index is 13.4. The third kappa shape index (κ3) is 2.69. The molecule has 0 aliphatic carbocycles. The molecule has 0 radical (unpaired) electrons. The lowest BCUT2D eigenvalue weighted by atomic mass is 10.2. The summed E-state index contributed by atoms with van der Waals surface area (Å²) in [5, 5.41) is 7.98. The summed E-state index contributed by atoms with van der Waals surface area (Å²) in [5.41, 5.74) is -0.624. The monoisotopic (exact) mass is 302 g/mol. The van der Waals surface area contributed by atoms with Gasteiger partial charge in [0.2, 0.25) is 20.7 Å². The van der Waals surface area contributed by atoms with Crippen LogP contribution in [0.3, 0.4) is 0 Å². The van der Waals surface area contributed by atoms with Gasteiger partial charge < -0.3 is 9.52 Å². The molecule has 0 amide bonds. The van der Waals surface area contributed by atoms with Gasteiger partial charge in [-0.3, -0.25) is 0 Å². The van der Waals surface area contributed by atoms with E-state index in [1.54, 1.807) is 0 Å². The minimum absolute atomic E-state index is 0.572. The van der Waals surface area contributed by atoms with Gasteiger partial charge in [-0.25, -0.2) is 22.0 Å². The fraction of sp³-hybridized carbons (Fsp3) is 0.0833. The summed E-state index contributed by atoms with van der Waals surface area (Å²) in [6.45, 7) is 0. The van der Waals surface area contributed by atoms with Crippen LogP contribution in [0.2, 0.25) is 0 Å². The maximum absolute atomic E-state index is 13.4. The summed E-state index contributed by atoms with van der Waals surface area (Å²) in [6.07, 6.45) is 0. The van der Waals surface area contributed by atoms with Gasteiger partial charge in [-0.1, -0.05) is 6.07 Å². The minimum atomic E-state index is -4.18. The SMILES string of the molecule is O=C(O)c1ccc(S(=O)(=O)Cc2c(F)cccc2F)o1. The lowest BCUT2D eigenvalue weighted by Gasteiger charge is -2.04. The number of halogens is 2. The maximum Gasteiger partial charge on any atom is 0.371 e. The van der Waals surface area contributed by atoms with Crippen molar-refractivity contribution in [3.8, 4) is 0 Å². The second kappa shape index (κ2) is 5.04. The molecule has 0 bridgehead atoms. The fourth-order valence-electron chi connectivity index (χ4n) is 1.53. The topological polar surface area (TPSA) is 84.6 Å². The molecule has 2 aromatic rings. The first-order valence-corrected chi connectivity index (χ1v) is 6.95. The van der Waals surface area contributed by atoms with Crippen molar-refractivity contribution in [2.75, 3.05) is 0 Å². The van der Waals surface area contributed by atoms with E-state index in [0.29, 0.717) is 0 Å². The summed E-state index contributed by atoms with van der Waals surface area (Å²) in [7, 11) is -4.18. The molecule has 0 aliphatic heterocycles. The molecule has 106 valence electrons. The molecule has 1 N–H and O–H groups in total. The summed E-state index contributed by atoms with van der Waals surface area (Å²) in [5.74, 6) is -4.98. The molecule has 1 aromatic carbocycles. The Bertz CT molecular complexity index is 744. The summed E-state index contributed by atoms with van der Waals surface area (Å²) in [6, 6.07) is 4.85. The van der Waals surface area contributed by atoms with Crippen LogP contribution in [0.25, 0.3) is 0 Å². The van der Waals surface area contributed by atoms with Crippen molar-refractivity contribution in [3.63, 3.8) is 0 Å². The van der Waals surface area contributed by atoms with Gasteiger partial charge in [0, 0.05) is 5.56 Å². The smallest absolute Gasteiger partial charge is 0.371 e. The Morgan fingerprint density at radius 2 is 1.75 bits per heavy atom. The molecule has 5 nitrogen and oxygen atoms in total. The number of carboxylic acid groups (broad SMARTS) is 1. The number of benzene rings is 1. The highest BCUT2D eigenvalue weighted by molar-refractivity contribution is 7.90. The highest BCUT2D eigenvalue weighted by Gasteiger charge is 2.24. The molecule has 0 unspecified atom stereocenters. The third-order valence-corrected chi connectivity index (χ3v) is 4.00. The molecular formula is C12H8F2O5S. The summed E-state index contributed by atoms with van der Waals surface area (Å²) < 4.78 is 55.3. The van der Waals surface area contributed by atoms with E-state index in [1.807, 2.05) is 0 Å². The van der Waals surface area contributed by atoms with E-state index >= 15 is 0 Å². The van der Waals surface area contributed by atoms with Gasteiger partial charge >= 0.3 is 5.97 Å². The van der Waals surface area contributed by atoms with E-state index in [9.17, 15) is 22.0 Å². The van der Waals surface area contributed by atoms with E-state index in [-0.39, 0.29) is 0 Å². The van der Waals surface area contributed by atoms with Gasteiger partial charge in [0.15, 0.2) is 0 Å². The predicted octanol–water partition coefficient (Wildman–Crippen LogP) is 2.23. The molecule has 0 fully saturated rings. The third-order valence-electron chi connectivity index (χ3n) is 2.49. The quantitative estimate of drug-likeness (QED) is 0.936. The van der Waals surface area contributed by atoms with Crippen LogP contribution in [0, 0.1) is 11.6 Å². The van der Waals surface area contributed by atoms with E-state index in [4.69, 9.17) is 5.11 Å². The van der Waals surface area contributed by atoms with Crippen LogP contribution < -0.4 is 0 Å². The number of sulfone groups is 1. The molecule has 1 heterocycles. The summed E-state index contributed by atoms with van der Waals surface area (Å²) >= 11 is 0. The van der Waals surface area contributed by atoms with Gasteiger partial charge in [0.05, 0.1) is 5.75 Å². The number of hydrogen-bond donors (Lipinski definition) is 1. The van der Waals surface area contributed by atoms with Crippen molar-refractivity contribution < 1.29 is 31.5 Å². The number of carboxylic acids is 1. The molecule has 20 heavy (non-hydrogen) atoms. The van der Waals surface area contributed by atoms with Gasteiger partial charge in [0.25, 0.3) is 0 Å². The Balaban J connectivity index is 2.38. The van der Waals surface area contributed by atoms with Crippen molar-refractivity contribution >= 4 is 15.8 Å². The largest absolute Gasteiger partial charge is 0.475 e. The van der Waals surface area contributed by atoms with Gasteiger partial charge in [-0.05, 0) is 24.3 Å². The number of carbonyl (C=O) groups is 1. The Labute approximate surface area is 112 Å².